The molecule has 0 atom stereocenters. The Kier molecular flexibility index (Phi) is 5.21. The van der Waals surface area contributed by atoms with Crippen molar-refractivity contribution in [3.8, 4) is 0 Å². The molecule has 0 fully saturated rings. The Balaban J connectivity index is 1.42. The number of amides is 1. The summed E-state index contributed by atoms with van der Waals surface area (Å²) in [5.41, 5.74) is 2.71. The summed E-state index contributed by atoms with van der Waals surface area (Å²) in [7, 11) is 0. The molecule has 0 unspecified atom stereocenters. The van der Waals surface area contributed by atoms with E-state index in [2.05, 4.69) is 15.5 Å². The molecule has 0 radical (unpaired) electrons. The van der Waals surface area contributed by atoms with E-state index in [1.165, 1.54) is 0 Å². The molecule has 2 aromatic carbocycles. The Morgan fingerprint density at radius 3 is 2.32 bits per heavy atom. The number of aromatic nitrogens is 4. The highest BCUT2D eigenvalue weighted by Gasteiger charge is 2.10. The Hall–Kier alpha value is -3.38. The molecule has 0 aliphatic heterocycles. The number of nitrogens with zero attached hydrogens (tertiary/aromatic N) is 4. The van der Waals surface area contributed by atoms with Gasteiger partial charge in [0.15, 0.2) is 0 Å². The van der Waals surface area contributed by atoms with Gasteiger partial charge in [-0.15, -0.1) is 0 Å². The summed E-state index contributed by atoms with van der Waals surface area (Å²) in [4.78, 5) is 12.6. The second-order valence-corrected chi connectivity index (χ2v) is 6.79. The molecule has 0 bridgehead atoms. The van der Waals surface area contributed by atoms with Gasteiger partial charge in [-0.1, -0.05) is 35.9 Å². The van der Waals surface area contributed by atoms with Gasteiger partial charge in [0, 0.05) is 29.0 Å². The van der Waals surface area contributed by atoms with Crippen molar-refractivity contribution in [2.24, 2.45) is 0 Å². The molecule has 2 aromatic heterocycles. The molecule has 0 aliphatic carbocycles. The molecule has 28 heavy (non-hydrogen) atoms. The molecule has 0 saturated carbocycles. The average Bonchev–Trinajstić information content (AvgIpc) is 3.37. The lowest BCUT2D eigenvalue weighted by Crippen LogP contribution is -2.16. The molecule has 2 heterocycles. The number of nitrogens with one attached hydrogen (secondary N) is 1. The van der Waals surface area contributed by atoms with Gasteiger partial charge in [-0.05, 0) is 41.5 Å². The molecule has 7 heteroatoms. The molecular formula is C21H18ClN5O. The Labute approximate surface area is 167 Å². The first-order valence-corrected chi connectivity index (χ1v) is 9.19. The standard InChI is InChI=1S/C21H18ClN5O/c22-19-8-4-17(5-9-19)15-27-20(10-12-24-27)25-21(28)18-6-2-16(3-7-18)14-26-13-1-11-23-26/h1-13H,14-15H2,(H,25,28). The van der Waals surface area contributed by atoms with Gasteiger partial charge >= 0.3 is 0 Å². The highest BCUT2D eigenvalue weighted by atomic mass is 35.5. The quantitative estimate of drug-likeness (QED) is 0.538. The van der Waals surface area contributed by atoms with Crippen molar-refractivity contribution in [2.75, 3.05) is 5.32 Å². The Morgan fingerprint density at radius 1 is 0.893 bits per heavy atom. The molecule has 1 amide bonds. The minimum absolute atomic E-state index is 0.177. The molecule has 140 valence electrons. The van der Waals surface area contributed by atoms with Crippen molar-refractivity contribution in [3.05, 3.63) is 101 Å². The predicted molar refractivity (Wildman–Crippen MR) is 109 cm³/mol. The summed E-state index contributed by atoms with van der Waals surface area (Å²) in [6, 6.07) is 18.7. The van der Waals surface area contributed by atoms with Crippen LogP contribution in [0.25, 0.3) is 0 Å². The molecule has 4 aromatic rings. The van der Waals surface area contributed by atoms with Crippen LogP contribution in [0.3, 0.4) is 0 Å². The van der Waals surface area contributed by atoms with Gasteiger partial charge in [0.05, 0.1) is 19.3 Å². The molecule has 0 aliphatic rings. The van der Waals surface area contributed by atoms with Crippen LogP contribution < -0.4 is 5.32 Å². The topological polar surface area (TPSA) is 64.7 Å². The predicted octanol–water partition coefficient (Wildman–Crippen LogP) is 4.08. The number of anilines is 1. The van der Waals surface area contributed by atoms with E-state index in [1.54, 1.807) is 23.1 Å². The van der Waals surface area contributed by atoms with E-state index in [1.807, 2.05) is 65.5 Å². The first-order chi connectivity index (χ1) is 13.7. The lowest BCUT2D eigenvalue weighted by atomic mass is 10.1. The van der Waals surface area contributed by atoms with Crippen LogP contribution in [0, 0.1) is 0 Å². The third-order valence-electron chi connectivity index (χ3n) is 4.32. The fourth-order valence-electron chi connectivity index (χ4n) is 2.86. The molecule has 0 saturated heterocycles. The van der Waals surface area contributed by atoms with Crippen molar-refractivity contribution in [1.29, 1.82) is 0 Å². The largest absolute Gasteiger partial charge is 0.307 e. The van der Waals surface area contributed by atoms with Crippen molar-refractivity contribution in [1.82, 2.24) is 19.6 Å². The van der Waals surface area contributed by atoms with E-state index >= 15 is 0 Å². The van der Waals surface area contributed by atoms with Gasteiger partial charge in [-0.2, -0.15) is 10.2 Å². The van der Waals surface area contributed by atoms with Crippen LogP contribution in [0.2, 0.25) is 5.02 Å². The summed E-state index contributed by atoms with van der Waals surface area (Å²) >= 11 is 5.93. The van der Waals surface area contributed by atoms with Crippen molar-refractivity contribution < 1.29 is 4.79 Å². The van der Waals surface area contributed by atoms with Crippen LogP contribution in [0.5, 0.6) is 0 Å². The summed E-state index contributed by atoms with van der Waals surface area (Å²) in [6.07, 6.45) is 5.32. The lowest BCUT2D eigenvalue weighted by Gasteiger charge is -2.10. The summed E-state index contributed by atoms with van der Waals surface area (Å²) in [6.45, 7) is 1.21. The van der Waals surface area contributed by atoms with E-state index < -0.39 is 0 Å². The highest BCUT2D eigenvalue weighted by molar-refractivity contribution is 6.30. The number of carbonyl (C=O) groups excluding carboxylic acids is 1. The average molecular weight is 392 g/mol. The van der Waals surface area contributed by atoms with Crippen molar-refractivity contribution >= 4 is 23.3 Å². The van der Waals surface area contributed by atoms with E-state index in [0.717, 1.165) is 11.1 Å². The van der Waals surface area contributed by atoms with Gasteiger partial charge in [-0.3, -0.25) is 9.48 Å². The summed E-state index contributed by atoms with van der Waals surface area (Å²) < 4.78 is 3.58. The third kappa shape index (κ3) is 4.29. The molecular weight excluding hydrogens is 374 g/mol. The zero-order valence-corrected chi connectivity index (χ0v) is 15.8. The SMILES string of the molecule is O=C(Nc1ccnn1Cc1ccc(Cl)cc1)c1ccc(Cn2cccn2)cc1. The van der Waals surface area contributed by atoms with Gasteiger partial charge < -0.3 is 5.32 Å². The number of halogens is 1. The third-order valence-corrected chi connectivity index (χ3v) is 4.58. The molecule has 6 nitrogen and oxygen atoms in total. The van der Waals surface area contributed by atoms with Crippen LogP contribution in [-0.2, 0) is 13.1 Å². The smallest absolute Gasteiger partial charge is 0.256 e. The van der Waals surface area contributed by atoms with Gasteiger partial charge in [0.2, 0.25) is 0 Å². The second-order valence-electron chi connectivity index (χ2n) is 6.36. The summed E-state index contributed by atoms with van der Waals surface area (Å²) in [5.74, 6) is 0.462. The van der Waals surface area contributed by atoms with Crippen LogP contribution in [0.4, 0.5) is 5.82 Å². The monoisotopic (exact) mass is 391 g/mol. The van der Waals surface area contributed by atoms with Crippen LogP contribution in [0.1, 0.15) is 21.5 Å². The second kappa shape index (κ2) is 8.10. The maximum absolute atomic E-state index is 12.6. The van der Waals surface area contributed by atoms with Gasteiger partial charge in [-0.25, -0.2) is 4.68 Å². The first kappa shape index (κ1) is 18.0. The maximum Gasteiger partial charge on any atom is 0.256 e. The fraction of sp³-hybridized carbons (Fsp3) is 0.0952. The Morgan fingerprint density at radius 2 is 1.61 bits per heavy atom. The van der Waals surface area contributed by atoms with Crippen molar-refractivity contribution in [2.45, 2.75) is 13.1 Å². The number of hydrogen-bond acceptors (Lipinski definition) is 3. The van der Waals surface area contributed by atoms with E-state index in [9.17, 15) is 4.79 Å². The summed E-state index contributed by atoms with van der Waals surface area (Å²) in [5, 5.41) is 12.1. The number of carbonyl (C=O) groups is 1. The van der Waals surface area contributed by atoms with Crippen LogP contribution >= 0.6 is 11.6 Å². The highest BCUT2D eigenvalue weighted by Crippen LogP contribution is 2.15. The number of rotatable bonds is 6. The van der Waals surface area contributed by atoms with E-state index in [0.29, 0.717) is 29.5 Å². The lowest BCUT2D eigenvalue weighted by molar-refractivity contribution is 0.102. The Bertz CT molecular complexity index is 1050. The molecule has 1 N–H and O–H groups in total. The molecule has 4 rings (SSSR count). The zero-order chi connectivity index (χ0) is 19.3. The van der Waals surface area contributed by atoms with E-state index in [-0.39, 0.29) is 5.91 Å². The normalized spacial score (nSPS) is 10.8. The van der Waals surface area contributed by atoms with Gasteiger partial charge in [0.25, 0.3) is 5.91 Å². The van der Waals surface area contributed by atoms with Crippen LogP contribution in [0.15, 0.2) is 79.3 Å². The van der Waals surface area contributed by atoms with E-state index in [4.69, 9.17) is 11.6 Å². The van der Waals surface area contributed by atoms with Crippen molar-refractivity contribution in [3.63, 3.8) is 0 Å². The zero-order valence-electron chi connectivity index (χ0n) is 15.0. The fourth-order valence-corrected chi connectivity index (χ4v) is 2.98. The minimum atomic E-state index is -0.177. The first-order valence-electron chi connectivity index (χ1n) is 8.81. The minimum Gasteiger partial charge on any atom is -0.307 e. The van der Waals surface area contributed by atoms with Gasteiger partial charge in [0.1, 0.15) is 5.82 Å². The molecule has 0 spiro atoms. The number of benzene rings is 2. The van der Waals surface area contributed by atoms with Crippen LogP contribution in [-0.4, -0.2) is 25.5 Å². The number of hydrogen-bond donors (Lipinski definition) is 1. The maximum atomic E-state index is 12.6.